The molecule has 1 aromatic carbocycles. The van der Waals surface area contributed by atoms with E-state index in [1.54, 1.807) is 0 Å². The van der Waals surface area contributed by atoms with Crippen molar-refractivity contribution < 1.29 is 18.6 Å². The van der Waals surface area contributed by atoms with E-state index in [0.717, 1.165) is 24.6 Å². The van der Waals surface area contributed by atoms with Gasteiger partial charge in [0.25, 0.3) is 0 Å². The fourth-order valence-electron chi connectivity index (χ4n) is 2.12. The van der Waals surface area contributed by atoms with Crippen LogP contribution in [0.5, 0.6) is 0 Å². The molecule has 2 nitrogen and oxygen atoms in total. The predicted octanol–water partition coefficient (Wildman–Crippen LogP) is 2.57. The molecule has 88 valence electrons. The number of aliphatic hydroxyl groups excluding tert-OH is 1. The minimum Gasteiger partial charge on any atom is -0.385 e. The van der Waals surface area contributed by atoms with Gasteiger partial charge >= 0.3 is 0 Å². The summed E-state index contributed by atoms with van der Waals surface area (Å²) in [6, 6.07) is 3.08. The highest BCUT2D eigenvalue weighted by molar-refractivity contribution is 5.24. The smallest absolute Gasteiger partial charge is 0.129 e. The quantitative estimate of drug-likeness (QED) is 0.861. The van der Waals surface area contributed by atoms with E-state index >= 15 is 0 Å². The number of aliphatic hydroxyl groups is 1. The van der Waals surface area contributed by atoms with Gasteiger partial charge in [-0.05, 0) is 37.5 Å². The number of hydrogen-bond donors (Lipinski definition) is 1. The predicted molar refractivity (Wildman–Crippen MR) is 54.9 cm³/mol. The van der Waals surface area contributed by atoms with E-state index in [2.05, 4.69) is 0 Å². The van der Waals surface area contributed by atoms with E-state index < -0.39 is 23.3 Å². The van der Waals surface area contributed by atoms with Gasteiger partial charge in [-0.1, -0.05) is 0 Å². The largest absolute Gasteiger partial charge is 0.385 e. The molecule has 1 N–H and O–H groups in total. The second-order valence-corrected chi connectivity index (χ2v) is 4.19. The van der Waals surface area contributed by atoms with E-state index in [4.69, 9.17) is 4.74 Å². The van der Waals surface area contributed by atoms with Crippen LogP contribution in [0.3, 0.4) is 0 Å². The van der Waals surface area contributed by atoms with Gasteiger partial charge in [0.1, 0.15) is 17.7 Å². The van der Waals surface area contributed by atoms with Gasteiger partial charge in [-0.15, -0.1) is 0 Å². The fourth-order valence-corrected chi connectivity index (χ4v) is 2.12. The van der Waals surface area contributed by atoms with Crippen LogP contribution in [0.1, 0.15) is 30.9 Å². The Morgan fingerprint density at radius 1 is 1.38 bits per heavy atom. The van der Waals surface area contributed by atoms with Crippen molar-refractivity contribution >= 4 is 0 Å². The number of methoxy groups -OCH3 is 1. The zero-order valence-corrected chi connectivity index (χ0v) is 9.04. The van der Waals surface area contributed by atoms with Gasteiger partial charge in [-0.25, -0.2) is 8.78 Å². The molecular weight excluding hydrogens is 214 g/mol. The second-order valence-electron chi connectivity index (χ2n) is 4.19. The molecule has 1 saturated carbocycles. The first-order valence-corrected chi connectivity index (χ1v) is 5.27. The summed E-state index contributed by atoms with van der Waals surface area (Å²) in [6.45, 7) is 0. The van der Waals surface area contributed by atoms with Crippen molar-refractivity contribution in [3.8, 4) is 0 Å². The van der Waals surface area contributed by atoms with Gasteiger partial charge in [-0.2, -0.15) is 0 Å². The highest BCUT2D eigenvalue weighted by Gasteiger charge is 2.45. The minimum atomic E-state index is -1.11. The molecule has 1 unspecified atom stereocenters. The Kier molecular flexibility index (Phi) is 2.95. The van der Waals surface area contributed by atoms with Gasteiger partial charge in [0.2, 0.25) is 0 Å². The maximum absolute atomic E-state index is 13.5. The second kappa shape index (κ2) is 4.11. The van der Waals surface area contributed by atoms with Crippen molar-refractivity contribution in [1.29, 1.82) is 0 Å². The number of hydrogen-bond acceptors (Lipinski definition) is 2. The van der Waals surface area contributed by atoms with Gasteiger partial charge < -0.3 is 9.84 Å². The van der Waals surface area contributed by atoms with Gasteiger partial charge in [0.15, 0.2) is 0 Å². The third-order valence-corrected chi connectivity index (χ3v) is 3.36. The molecule has 16 heavy (non-hydrogen) atoms. The fraction of sp³-hybridized carbons (Fsp3) is 0.500. The highest BCUT2D eigenvalue weighted by atomic mass is 19.1. The van der Waals surface area contributed by atoms with E-state index in [1.807, 2.05) is 0 Å². The van der Waals surface area contributed by atoms with Crippen LogP contribution < -0.4 is 0 Å². The van der Waals surface area contributed by atoms with Gasteiger partial charge in [0, 0.05) is 12.7 Å². The summed E-state index contributed by atoms with van der Waals surface area (Å²) < 4.78 is 31.7. The molecule has 0 radical (unpaired) electrons. The maximum Gasteiger partial charge on any atom is 0.129 e. The van der Waals surface area contributed by atoms with Crippen molar-refractivity contribution in [3.63, 3.8) is 0 Å². The van der Waals surface area contributed by atoms with E-state index in [1.165, 1.54) is 7.11 Å². The number of benzene rings is 1. The molecule has 0 saturated heterocycles. The molecular formula is C12H14F2O2. The lowest BCUT2D eigenvalue weighted by Gasteiger charge is -2.44. The lowest BCUT2D eigenvalue weighted by Crippen LogP contribution is -2.45. The van der Waals surface area contributed by atoms with Crippen LogP contribution in [-0.2, 0) is 4.74 Å². The molecule has 0 aliphatic heterocycles. The average molecular weight is 228 g/mol. The topological polar surface area (TPSA) is 29.5 Å². The third-order valence-electron chi connectivity index (χ3n) is 3.36. The van der Waals surface area contributed by atoms with Crippen LogP contribution in [-0.4, -0.2) is 17.8 Å². The molecule has 0 bridgehead atoms. The van der Waals surface area contributed by atoms with Crippen LogP contribution >= 0.6 is 0 Å². The van der Waals surface area contributed by atoms with E-state index in [9.17, 15) is 13.9 Å². The number of ether oxygens (including phenoxy) is 1. The molecule has 2 rings (SSSR count). The lowest BCUT2D eigenvalue weighted by atomic mass is 9.73. The zero-order valence-electron chi connectivity index (χ0n) is 9.04. The lowest BCUT2D eigenvalue weighted by molar-refractivity contribution is -0.152. The van der Waals surface area contributed by atoms with E-state index in [-0.39, 0.29) is 5.56 Å². The Morgan fingerprint density at radius 3 is 2.56 bits per heavy atom. The molecule has 1 aliphatic rings. The Labute approximate surface area is 92.9 Å². The Balaban J connectivity index is 2.32. The minimum absolute atomic E-state index is 0.0263. The molecule has 0 heterocycles. The van der Waals surface area contributed by atoms with Crippen molar-refractivity contribution in [2.75, 3.05) is 7.11 Å². The molecule has 1 fully saturated rings. The molecule has 1 aliphatic carbocycles. The zero-order chi connectivity index (χ0) is 11.8. The summed E-state index contributed by atoms with van der Waals surface area (Å²) in [7, 11) is 1.49. The normalized spacial score (nSPS) is 20.2. The first-order chi connectivity index (χ1) is 7.59. The van der Waals surface area contributed by atoms with Gasteiger partial charge in [-0.3, -0.25) is 0 Å². The Hall–Kier alpha value is -1.00. The van der Waals surface area contributed by atoms with Crippen LogP contribution in [0.2, 0.25) is 0 Å². The standard InChI is InChI=1S/C12H14F2O2/c1-16-12(5-2-6-12)11(15)9-7-8(13)3-4-10(9)14/h3-4,7,11,15H,2,5-6H2,1H3. The third kappa shape index (κ3) is 1.72. The van der Waals surface area contributed by atoms with Crippen LogP contribution in [0.4, 0.5) is 8.78 Å². The summed E-state index contributed by atoms with van der Waals surface area (Å²) >= 11 is 0. The van der Waals surface area contributed by atoms with Crippen LogP contribution in [0.25, 0.3) is 0 Å². The number of halogens is 2. The molecule has 4 heteroatoms. The SMILES string of the molecule is COC1(C(O)c2cc(F)ccc2F)CCC1. The summed E-state index contributed by atoms with van der Waals surface area (Å²) in [5.41, 5.74) is -0.768. The Morgan fingerprint density at radius 2 is 2.06 bits per heavy atom. The maximum atomic E-state index is 13.5. The molecule has 0 aromatic heterocycles. The van der Waals surface area contributed by atoms with Crippen molar-refractivity contribution in [3.05, 3.63) is 35.4 Å². The van der Waals surface area contributed by atoms with Crippen molar-refractivity contribution in [2.45, 2.75) is 31.0 Å². The van der Waals surface area contributed by atoms with Crippen molar-refractivity contribution in [1.82, 2.24) is 0 Å². The first kappa shape index (κ1) is 11.5. The monoisotopic (exact) mass is 228 g/mol. The summed E-state index contributed by atoms with van der Waals surface area (Å²) in [4.78, 5) is 0. The van der Waals surface area contributed by atoms with Crippen LogP contribution in [0.15, 0.2) is 18.2 Å². The summed E-state index contributed by atoms with van der Waals surface area (Å²) in [6.07, 6.45) is 1.16. The van der Waals surface area contributed by atoms with Crippen molar-refractivity contribution in [2.24, 2.45) is 0 Å². The molecule has 0 spiro atoms. The number of rotatable bonds is 3. The molecule has 1 atom stereocenters. The Bertz CT molecular complexity index is 383. The molecule has 1 aromatic rings. The average Bonchev–Trinajstić information content (AvgIpc) is 2.21. The first-order valence-electron chi connectivity index (χ1n) is 5.27. The van der Waals surface area contributed by atoms with Gasteiger partial charge in [0.05, 0.1) is 5.60 Å². The summed E-state index contributed by atoms with van der Waals surface area (Å²) in [5.74, 6) is -1.15. The van der Waals surface area contributed by atoms with Crippen LogP contribution in [0, 0.1) is 11.6 Å². The highest BCUT2D eigenvalue weighted by Crippen LogP contribution is 2.45. The molecule has 0 amide bonds. The summed E-state index contributed by atoms with van der Waals surface area (Å²) in [5, 5.41) is 10.1. The van der Waals surface area contributed by atoms with E-state index in [0.29, 0.717) is 12.8 Å².